The van der Waals surface area contributed by atoms with E-state index in [1.165, 1.54) is 21.0 Å². The summed E-state index contributed by atoms with van der Waals surface area (Å²) in [6, 6.07) is 0. The maximum Gasteiger partial charge on any atom is 0.164 e. The van der Waals surface area contributed by atoms with E-state index in [9.17, 15) is 9.59 Å². The summed E-state index contributed by atoms with van der Waals surface area (Å²) in [6.45, 7) is 4.70. The molecule has 0 unspecified atom stereocenters. The molecule has 0 saturated heterocycles. The number of aryl methyl sites for hydroxylation is 1. The van der Waals surface area contributed by atoms with E-state index in [1.807, 2.05) is 0 Å². The number of hydrogen-bond donors (Lipinski definition) is 0. The molecule has 1 aromatic rings. The first-order chi connectivity index (χ1) is 6.99. The average Bonchev–Trinajstić information content (AvgIpc) is 2.42. The molecule has 0 aliphatic heterocycles. The van der Waals surface area contributed by atoms with Crippen molar-refractivity contribution in [1.29, 1.82) is 0 Å². The van der Waals surface area contributed by atoms with E-state index in [1.54, 1.807) is 6.92 Å². The SMILES string of the molecule is COCc1oc(C)c(C(C)=O)c1C(C)=O. The Balaban J connectivity index is 3.37. The van der Waals surface area contributed by atoms with Gasteiger partial charge in [-0.2, -0.15) is 0 Å². The standard InChI is InChI=1S/C11H14O4/c1-6(12)10-8(3)15-9(5-14-4)11(10)7(2)13/h5H2,1-4H3. The van der Waals surface area contributed by atoms with Gasteiger partial charge in [0, 0.05) is 7.11 Å². The maximum absolute atomic E-state index is 11.4. The van der Waals surface area contributed by atoms with Crippen molar-refractivity contribution in [1.82, 2.24) is 0 Å². The molecule has 1 rings (SSSR count). The van der Waals surface area contributed by atoms with Crippen LogP contribution in [0.2, 0.25) is 0 Å². The molecule has 1 aromatic heterocycles. The van der Waals surface area contributed by atoms with Crippen LogP contribution in [0.3, 0.4) is 0 Å². The van der Waals surface area contributed by atoms with Gasteiger partial charge in [-0.15, -0.1) is 0 Å². The van der Waals surface area contributed by atoms with Crippen LogP contribution in [0.5, 0.6) is 0 Å². The molecule has 0 aliphatic carbocycles. The summed E-state index contributed by atoms with van der Waals surface area (Å²) in [5.41, 5.74) is 0.719. The Hall–Kier alpha value is -1.42. The Morgan fingerprint density at radius 1 is 1.20 bits per heavy atom. The van der Waals surface area contributed by atoms with Gasteiger partial charge in [-0.1, -0.05) is 0 Å². The first-order valence-corrected chi connectivity index (χ1v) is 4.62. The molecular weight excluding hydrogens is 196 g/mol. The zero-order valence-electron chi connectivity index (χ0n) is 9.34. The highest BCUT2D eigenvalue weighted by Gasteiger charge is 2.23. The third-order valence-electron chi connectivity index (χ3n) is 2.14. The average molecular weight is 210 g/mol. The third-order valence-corrected chi connectivity index (χ3v) is 2.14. The third kappa shape index (κ3) is 2.15. The molecule has 0 spiro atoms. The summed E-state index contributed by atoms with van der Waals surface area (Å²) >= 11 is 0. The van der Waals surface area contributed by atoms with Crippen LogP contribution in [0.15, 0.2) is 4.42 Å². The van der Waals surface area contributed by atoms with Crippen molar-refractivity contribution in [2.45, 2.75) is 27.4 Å². The van der Waals surface area contributed by atoms with E-state index < -0.39 is 0 Å². The molecule has 0 radical (unpaired) electrons. The molecule has 4 nitrogen and oxygen atoms in total. The van der Waals surface area contributed by atoms with E-state index in [0.717, 1.165) is 0 Å². The fourth-order valence-corrected chi connectivity index (χ4v) is 1.63. The van der Waals surface area contributed by atoms with E-state index >= 15 is 0 Å². The van der Waals surface area contributed by atoms with E-state index in [-0.39, 0.29) is 18.2 Å². The molecule has 0 fully saturated rings. The van der Waals surface area contributed by atoms with Gasteiger partial charge in [-0.25, -0.2) is 0 Å². The molecule has 0 N–H and O–H groups in total. The number of methoxy groups -OCH3 is 1. The Bertz CT molecular complexity index is 401. The van der Waals surface area contributed by atoms with Crippen molar-refractivity contribution in [2.75, 3.05) is 7.11 Å². The number of hydrogen-bond acceptors (Lipinski definition) is 4. The second-order valence-corrected chi connectivity index (χ2v) is 3.38. The summed E-state index contributed by atoms with van der Waals surface area (Å²) in [5, 5.41) is 0. The summed E-state index contributed by atoms with van der Waals surface area (Å²) in [7, 11) is 1.51. The van der Waals surface area contributed by atoms with E-state index in [2.05, 4.69) is 0 Å². The minimum absolute atomic E-state index is 0.163. The minimum Gasteiger partial charge on any atom is -0.462 e. The molecule has 0 bridgehead atoms. The molecule has 0 aliphatic rings. The van der Waals surface area contributed by atoms with Gasteiger partial charge >= 0.3 is 0 Å². The van der Waals surface area contributed by atoms with Gasteiger partial charge < -0.3 is 9.15 Å². The lowest BCUT2D eigenvalue weighted by Crippen LogP contribution is -2.04. The van der Waals surface area contributed by atoms with Crippen molar-refractivity contribution in [3.8, 4) is 0 Å². The first-order valence-electron chi connectivity index (χ1n) is 4.62. The fraction of sp³-hybridized carbons (Fsp3) is 0.455. The highest BCUT2D eigenvalue weighted by Crippen LogP contribution is 2.24. The van der Waals surface area contributed by atoms with Gasteiger partial charge in [0.25, 0.3) is 0 Å². The summed E-state index contributed by atoms with van der Waals surface area (Å²) in [5.74, 6) is 0.556. The molecule has 1 heterocycles. The zero-order valence-corrected chi connectivity index (χ0v) is 9.34. The molecule has 82 valence electrons. The number of ether oxygens (including phenoxy) is 1. The molecule has 0 atom stereocenters. The topological polar surface area (TPSA) is 56.5 Å². The van der Waals surface area contributed by atoms with Crippen LogP contribution in [-0.2, 0) is 11.3 Å². The highest BCUT2D eigenvalue weighted by atomic mass is 16.5. The molecule has 15 heavy (non-hydrogen) atoms. The molecule has 0 aromatic carbocycles. The largest absolute Gasteiger partial charge is 0.462 e. The van der Waals surface area contributed by atoms with Crippen molar-refractivity contribution in [2.24, 2.45) is 0 Å². The van der Waals surface area contributed by atoms with Crippen molar-refractivity contribution in [3.05, 3.63) is 22.6 Å². The van der Waals surface area contributed by atoms with Crippen LogP contribution in [0.4, 0.5) is 0 Å². The Morgan fingerprint density at radius 2 is 1.73 bits per heavy atom. The number of carbonyl (C=O) groups excluding carboxylic acids is 2. The van der Waals surface area contributed by atoms with Gasteiger partial charge in [0.1, 0.15) is 18.1 Å². The lowest BCUT2D eigenvalue weighted by atomic mass is 10.0. The quantitative estimate of drug-likeness (QED) is 0.714. The number of Topliss-reactive ketones (excluding diaryl/α,β-unsaturated/α-hetero) is 2. The van der Waals surface area contributed by atoms with Gasteiger partial charge in [-0.3, -0.25) is 9.59 Å². The van der Waals surface area contributed by atoms with Gasteiger partial charge in [0.15, 0.2) is 11.6 Å². The Morgan fingerprint density at radius 3 is 2.13 bits per heavy atom. The second kappa shape index (κ2) is 4.40. The van der Waals surface area contributed by atoms with Crippen LogP contribution in [0.25, 0.3) is 0 Å². The molecule has 4 heteroatoms. The van der Waals surface area contributed by atoms with E-state index in [0.29, 0.717) is 22.6 Å². The summed E-state index contributed by atoms with van der Waals surface area (Å²) < 4.78 is 10.3. The number of carbonyl (C=O) groups is 2. The first kappa shape index (κ1) is 11.7. The van der Waals surface area contributed by atoms with Crippen molar-refractivity contribution >= 4 is 11.6 Å². The fourth-order valence-electron chi connectivity index (χ4n) is 1.63. The normalized spacial score (nSPS) is 10.4. The summed E-state index contributed by atoms with van der Waals surface area (Å²) in [4.78, 5) is 22.8. The van der Waals surface area contributed by atoms with Crippen LogP contribution >= 0.6 is 0 Å². The Kier molecular flexibility index (Phi) is 3.42. The second-order valence-electron chi connectivity index (χ2n) is 3.38. The number of rotatable bonds is 4. The molecular formula is C11H14O4. The Labute approximate surface area is 88.2 Å². The maximum atomic E-state index is 11.4. The smallest absolute Gasteiger partial charge is 0.164 e. The predicted octanol–water partition coefficient (Wildman–Crippen LogP) is 2.14. The number of ketones is 2. The summed E-state index contributed by atoms with van der Waals surface area (Å²) in [6.07, 6.45) is 0. The van der Waals surface area contributed by atoms with Crippen LogP contribution in [0, 0.1) is 6.92 Å². The van der Waals surface area contributed by atoms with Gasteiger partial charge in [0.2, 0.25) is 0 Å². The monoisotopic (exact) mass is 210 g/mol. The predicted molar refractivity (Wildman–Crippen MR) is 54.2 cm³/mol. The molecule has 0 saturated carbocycles. The molecule has 0 amide bonds. The van der Waals surface area contributed by atoms with E-state index in [4.69, 9.17) is 9.15 Å². The van der Waals surface area contributed by atoms with Crippen molar-refractivity contribution < 1.29 is 18.7 Å². The van der Waals surface area contributed by atoms with Gasteiger partial charge in [0.05, 0.1) is 11.1 Å². The lowest BCUT2D eigenvalue weighted by Gasteiger charge is -1.98. The highest BCUT2D eigenvalue weighted by molar-refractivity contribution is 6.08. The van der Waals surface area contributed by atoms with Crippen LogP contribution in [0.1, 0.15) is 46.1 Å². The van der Waals surface area contributed by atoms with Crippen molar-refractivity contribution in [3.63, 3.8) is 0 Å². The number of furan rings is 1. The zero-order chi connectivity index (χ0) is 11.6. The van der Waals surface area contributed by atoms with Crippen LogP contribution < -0.4 is 0 Å². The van der Waals surface area contributed by atoms with Gasteiger partial charge in [-0.05, 0) is 20.8 Å². The minimum atomic E-state index is -0.177. The van der Waals surface area contributed by atoms with Crippen LogP contribution in [-0.4, -0.2) is 18.7 Å². The lowest BCUT2D eigenvalue weighted by molar-refractivity contribution is 0.0977.